The summed E-state index contributed by atoms with van der Waals surface area (Å²) >= 11 is 0. The molecule has 1 fully saturated rings. The number of nitrogens with one attached hydrogen (secondary N) is 1. The molecule has 0 spiro atoms. The first kappa shape index (κ1) is 33.5. The van der Waals surface area contributed by atoms with Crippen molar-refractivity contribution in [2.45, 2.75) is 59.8 Å². The van der Waals surface area contributed by atoms with E-state index in [-0.39, 0.29) is 0 Å². The van der Waals surface area contributed by atoms with E-state index in [0.717, 1.165) is 40.8 Å². The van der Waals surface area contributed by atoms with Gasteiger partial charge in [0.1, 0.15) is 11.6 Å². The van der Waals surface area contributed by atoms with Crippen molar-refractivity contribution in [2.75, 3.05) is 19.0 Å². The molecule has 2 aromatic heterocycles. The maximum absolute atomic E-state index is 4.42. The number of benzene rings is 4. The van der Waals surface area contributed by atoms with Crippen LogP contribution in [0.3, 0.4) is 0 Å². The van der Waals surface area contributed by atoms with Gasteiger partial charge in [-0.2, -0.15) is 0 Å². The SMILES string of the molecule is C=C.CC1CCC(C)CC1.CCc1c(-c2ccc3ccccc3c2)[nH]c2ccccc12.Cc1nc(N(C)C)c2ccccc2n1. The van der Waals surface area contributed by atoms with Crippen molar-refractivity contribution in [2.24, 2.45) is 11.8 Å². The zero-order valence-electron chi connectivity index (χ0n) is 28.1. The second-order valence-corrected chi connectivity index (χ2v) is 12.3. The van der Waals surface area contributed by atoms with E-state index in [9.17, 15) is 0 Å². The monoisotopic (exact) mass is 598 g/mol. The Balaban J connectivity index is 0.000000165. The van der Waals surface area contributed by atoms with Crippen molar-refractivity contribution in [1.29, 1.82) is 0 Å². The zero-order chi connectivity index (χ0) is 32.3. The second-order valence-electron chi connectivity index (χ2n) is 12.3. The molecule has 0 atom stereocenters. The van der Waals surface area contributed by atoms with Crippen LogP contribution in [-0.4, -0.2) is 29.0 Å². The van der Waals surface area contributed by atoms with Crippen LogP contribution in [0.25, 0.3) is 43.8 Å². The molecule has 4 nitrogen and oxygen atoms in total. The highest BCUT2D eigenvalue weighted by Crippen LogP contribution is 2.32. The molecule has 0 bridgehead atoms. The van der Waals surface area contributed by atoms with Gasteiger partial charge in [0.15, 0.2) is 0 Å². The topological polar surface area (TPSA) is 44.8 Å². The third-order valence-electron chi connectivity index (χ3n) is 8.63. The van der Waals surface area contributed by atoms with Crippen LogP contribution in [-0.2, 0) is 6.42 Å². The van der Waals surface area contributed by atoms with Gasteiger partial charge in [0, 0.05) is 36.1 Å². The van der Waals surface area contributed by atoms with Crippen LogP contribution in [0.15, 0.2) is 104 Å². The first-order valence-electron chi connectivity index (χ1n) is 16.3. The van der Waals surface area contributed by atoms with Gasteiger partial charge in [-0.25, -0.2) is 9.97 Å². The van der Waals surface area contributed by atoms with Crippen molar-refractivity contribution < 1.29 is 0 Å². The minimum absolute atomic E-state index is 0.812. The van der Waals surface area contributed by atoms with Gasteiger partial charge in [-0.15, -0.1) is 13.2 Å². The zero-order valence-corrected chi connectivity index (χ0v) is 28.1. The number of aromatic amines is 1. The number of anilines is 1. The van der Waals surface area contributed by atoms with Gasteiger partial charge in [-0.05, 0) is 71.3 Å². The van der Waals surface area contributed by atoms with Gasteiger partial charge in [0.05, 0.1) is 5.52 Å². The Hall–Kier alpha value is -4.44. The van der Waals surface area contributed by atoms with Gasteiger partial charge >= 0.3 is 0 Å². The van der Waals surface area contributed by atoms with Gasteiger partial charge in [0.2, 0.25) is 0 Å². The maximum atomic E-state index is 4.42. The fraction of sp³-hybridized carbons (Fsp3) is 0.317. The molecule has 6 aromatic rings. The lowest BCUT2D eigenvalue weighted by Gasteiger charge is -2.22. The standard InChI is InChI=1S/C20H17N.C11H13N3.C8H16.C2H4/c1-2-17-18-9-5-6-10-19(18)21-20(17)16-12-11-14-7-3-4-8-15(14)13-16;1-8-12-10-7-5-4-6-9(10)11(13-8)14(2)3;1-7-3-5-8(2)6-4-7;1-2/h3-13,21H,2H2,1H3;4-7H,1-3H3;7-8H,3-6H2,1-2H3;1-2H2. The molecule has 7 rings (SSSR count). The first-order chi connectivity index (χ1) is 21.8. The summed E-state index contributed by atoms with van der Waals surface area (Å²) < 4.78 is 0. The summed E-state index contributed by atoms with van der Waals surface area (Å²) in [6.07, 6.45) is 6.93. The lowest BCUT2D eigenvalue weighted by molar-refractivity contribution is 0.308. The number of hydrogen-bond donors (Lipinski definition) is 1. The molecule has 1 saturated carbocycles. The molecule has 0 amide bonds. The van der Waals surface area contributed by atoms with Crippen LogP contribution in [0.5, 0.6) is 0 Å². The summed E-state index contributed by atoms with van der Waals surface area (Å²) in [5.41, 5.74) is 6.15. The van der Waals surface area contributed by atoms with Crippen LogP contribution in [0, 0.1) is 18.8 Å². The highest BCUT2D eigenvalue weighted by Gasteiger charge is 2.13. The number of hydrogen-bond acceptors (Lipinski definition) is 3. The number of nitrogens with zero attached hydrogens (tertiary/aromatic N) is 3. The van der Waals surface area contributed by atoms with E-state index in [1.165, 1.54) is 64.2 Å². The van der Waals surface area contributed by atoms with Crippen molar-refractivity contribution in [3.63, 3.8) is 0 Å². The number of H-pyrrole nitrogens is 1. The normalized spacial score (nSPS) is 15.7. The van der Waals surface area contributed by atoms with E-state index < -0.39 is 0 Å². The van der Waals surface area contributed by atoms with E-state index >= 15 is 0 Å². The van der Waals surface area contributed by atoms with E-state index in [2.05, 4.69) is 116 Å². The smallest absolute Gasteiger partial charge is 0.139 e. The second kappa shape index (κ2) is 16.0. The molecule has 234 valence electrons. The third kappa shape index (κ3) is 8.39. The molecule has 2 heterocycles. The number of para-hydroxylation sites is 2. The van der Waals surface area contributed by atoms with Gasteiger partial charge < -0.3 is 9.88 Å². The van der Waals surface area contributed by atoms with Crippen LogP contribution in [0.2, 0.25) is 0 Å². The number of aryl methyl sites for hydroxylation is 2. The first-order valence-corrected chi connectivity index (χ1v) is 16.3. The Morgan fingerprint density at radius 2 is 1.31 bits per heavy atom. The Morgan fingerprint density at radius 3 is 1.96 bits per heavy atom. The highest BCUT2D eigenvalue weighted by molar-refractivity contribution is 5.94. The maximum Gasteiger partial charge on any atom is 0.139 e. The van der Waals surface area contributed by atoms with E-state index in [0.29, 0.717) is 0 Å². The summed E-state index contributed by atoms with van der Waals surface area (Å²) in [6, 6.07) is 31.8. The Labute approximate surface area is 270 Å². The molecule has 45 heavy (non-hydrogen) atoms. The van der Waals surface area contributed by atoms with Gasteiger partial charge in [-0.1, -0.05) is 113 Å². The molecule has 0 unspecified atom stereocenters. The highest BCUT2D eigenvalue weighted by atomic mass is 15.1. The largest absolute Gasteiger partial charge is 0.362 e. The summed E-state index contributed by atoms with van der Waals surface area (Å²) in [4.78, 5) is 14.4. The van der Waals surface area contributed by atoms with E-state index in [4.69, 9.17) is 0 Å². The predicted molar refractivity (Wildman–Crippen MR) is 197 cm³/mol. The van der Waals surface area contributed by atoms with E-state index in [1.54, 1.807) is 0 Å². The summed E-state index contributed by atoms with van der Waals surface area (Å²) in [5, 5.41) is 5.01. The van der Waals surface area contributed by atoms with Crippen LogP contribution in [0.4, 0.5) is 5.82 Å². The number of fused-ring (bicyclic) bond motifs is 3. The molecule has 0 aliphatic heterocycles. The Bertz CT molecular complexity index is 1800. The number of rotatable bonds is 3. The molecule has 4 heteroatoms. The summed E-state index contributed by atoms with van der Waals surface area (Å²) in [5.74, 6) is 3.83. The van der Waals surface area contributed by atoms with Crippen molar-refractivity contribution in [3.05, 3.63) is 116 Å². The minimum Gasteiger partial charge on any atom is -0.362 e. The fourth-order valence-electron chi connectivity index (χ4n) is 6.10. The molecular formula is C41H50N4. The van der Waals surface area contributed by atoms with E-state index in [1.807, 2.05) is 50.2 Å². The average Bonchev–Trinajstić information content (AvgIpc) is 3.46. The minimum atomic E-state index is 0.812. The summed E-state index contributed by atoms with van der Waals surface area (Å²) in [7, 11) is 3.99. The summed E-state index contributed by atoms with van der Waals surface area (Å²) in [6.45, 7) is 14.9. The van der Waals surface area contributed by atoms with Crippen molar-refractivity contribution in [3.8, 4) is 11.3 Å². The van der Waals surface area contributed by atoms with Gasteiger partial charge in [0.25, 0.3) is 0 Å². The molecule has 4 aromatic carbocycles. The molecular weight excluding hydrogens is 548 g/mol. The molecule has 0 saturated heterocycles. The van der Waals surface area contributed by atoms with Crippen LogP contribution < -0.4 is 4.90 Å². The van der Waals surface area contributed by atoms with Gasteiger partial charge in [-0.3, -0.25) is 0 Å². The lowest BCUT2D eigenvalue weighted by Crippen LogP contribution is -2.12. The number of aromatic nitrogens is 3. The fourth-order valence-corrected chi connectivity index (χ4v) is 6.10. The third-order valence-corrected chi connectivity index (χ3v) is 8.63. The predicted octanol–water partition coefficient (Wildman–Crippen LogP) is 11.2. The molecule has 0 radical (unpaired) electrons. The van der Waals surface area contributed by atoms with Crippen LogP contribution >= 0.6 is 0 Å². The Morgan fingerprint density at radius 1 is 0.733 bits per heavy atom. The lowest BCUT2D eigenvalue weighted by atomic mass is 9.84. The van der Waals surface area contributed by atoms with Crippen LogP contribution in [0.1, 0.15) is 57.8 Å². The molecule has 1 aliphatic rings. The quantitative estimate of drug-likeness (QED) is 0.206. The van der Waals surface area contributed by atoms with Crippen molar-refractivity contribution >= 4 is 38.4 Å². The Kier molecular flexibility index (Phi) is 11.9. The average molecular weight is 599 g/mol. The molecule has 1 N–H and O–H groups in total. The molecule has 1 aliphatic carbocycles. The van der Waals surface area contributed by atoms with Crippen molar-refractivity contribution in [1.82, 2.24) is 15.0 Å².